The first kappa shape index (κ1) is 16.0. The molecule has 1 aromatic carbocycles. The maximum absolute atomic E-state index is 6.14. The van der Waals surface area contributed by atoms with Gasteiger partial charge in [0, 0.05) is 21.7 Å². The van der Waals surface area contributed by atoms with Crippen LogP contribution < -0.4 is 10.6 Å². The van der Waals surface area contributed by atoms with Crippen molar-refractivity contribution in [3.8, 4) is 0 Å². The van der Waals surface area contributed by atoms with E-state index in [0.29, 0.717) is 27.7 Å². The van der Waals surface area contributed by atoms with E-state index in [4.69, 9.17) is 35.4 Å². The third-order valence-electron chi connectivity index (χ3n) is 2.56. The van der Waals surface area contributed by atoms with Crippen molar-refractivity contribution in [2.24, 2.45) is 0 Å². The van der Waals surface area contributed by atoms with Gasteiger partial charge in [0.15, 0.2) is 5.11 Å². The van der Waals surface area contributed by atoms with Gasteiger partial charge in [-0.15, -0.1) is 5.10 Å². The second kappa shape index (κ2) is 7.06. The van der Waals surface area contributed by atoms with Crippen molar-refractivity contribution in [2.75, 3.05) is 5.32 Å². The van der Waals surface area contributed by atoms with Crippen LogP contribution in [0.4, 0.5) is 5.95 Å². The first-order chi connectivity index (χ1) is 9.95. The van der Waals surface area contributed by atoms with Crippen LogP contribution in [0.25, 0.3) is 0 Å². The molecule has 0 unspecified atom stereocenters. The van der Waals surface area contributed by atoms with Gasteiger partial charge in [0.05, 0.1) is 6.54 Å². The molecule has 112 valence electrons. The summed E-state index contributed by atoms with van der Waals surface area (Å²) in [6, 6.07) is 5.63. The number of aromatic nitrogens is 3. The van der Waals surface area contributed by atoms with Crippen LogP contribution in [0, 0.1) is 0 Å². The molecule has 1 aromatic heterocycles. The lowest BCUT2D eigenvalue weighted by Crippen LogP contribution is -2.34. The largest absolute Gasteiger partial charge is 0.360 e. The second-order valence-corrected chi connectivity index (χ2v) is 5.94. The third kappa shape index (κ3) is 4.56. The highest BCUT2D eigenvalue weighted by atomic mass is 35.5. The van der Waals surface area contributed by atoms with E-state index in [0.717, 1.165) is 5.56 Å². The number of rotatable bonds is 4. The summed E-state index contributed by atoms with van der Waals surface area (Å²) in [6.07, 6.45) is 1.60. The summed E-state index contributed by atoms with van der Waals surface area (Å²) in [4.78, 5) is 4.15. The van der Waals surface area contributed by atoms with Gasteiger partial charge in [0.2, 0.25) is 5.95 Å². The molecule has 8 heteroatoms. The molecule has 0 spiro atoms. The number of hydrogen-bond acceptors (Lipinski definition) is 3. The zero-order valence-electron chi connectivity index (χ0n) is 11.6. The Kier molecular flexibility index (Phi) is 5.39. The highest BCUT2D eigenvalue weighted by Crippen LogP contribution is 2.24. The number of benzene rings is 1. The summed E-state index contributed by atoms with van der Waals surface area (Å²) in [5.74, 6) is 0.427. The minimum Gasteiger partial charge on any atom is -0.360 e. The Morgan fingerprint density at radius 1 is 1.33 bits per heavy atom. The lowest BCUT2D eigenvalue weighted by molar-refractivity contribution is 0.687. The fourth-order valence-corrected chi connectivity index (χ4v) is 2.52. The number of thiocarbonyl (C=S) groups is 1. The van der Waals surface area contributed by atoms with Crippen molar-refractivity contribution in [1.82, 2.24) is 20.1 Å². The molecule has 5 nitrogen and oxygen atoms in total. The molecule has 0 saturated carbocycles. The van der Waals surface area contributed by atoms with E-state index in [1.54, 1.807) is 29.2 Å². The summed E-state index contributed by atoms with van der Waals surface area (Å²) in [7, 11) is 0. The Morgan fingerprint density at radius 2 is 2.00 bits per heavy atom. The van der Waals surface area contributed by atoms with Crippen LogP contribution >= 0.6 is 35.4 Å². The maximum atomic E-state index is 6.14. The van der Waals surface area contributed by atoms with Crippen LogP contribution in [-0.2, 0) is 6.54 Å². The van der Waals surface area contributed by atoms with Crippen LogP contribution in [0.5, 0.6) is 0 Å². The molecule has 0 fully saturated rings. The molecule has 0 aliphatic rings. The molecule has 2 rings (SSSR count). The van der Waals surface area contributed by atoms with Gasteiger partial charge >= 0.3 is 0 Å². The highest BCUT2D eigenvalue weighted by Gasteiger charge is 2.09. The second-order valence-electron chi connectivity index (χ2n) is 4.72. The standard InChI is InChI=1S/C13H15Cl2N5S/c1-8(2)17-13(21)18-12-16-7-20(19-12)6-9-10(14)4-3-5-11(9)15/h3-5,7-8H,6H2,1-2H3,(H2,17,18,19,21). The van der Waals surface area contributed by atoms with Crippen molar-refractivity contribution in [3.63, 3.8) is 0 Å². The summed E-state index contributed by atoms with van der Waals surface area (Å²) < 4.78 is 1.65. The van der Waals surface area contributed by atoms with Gasteiger partial charge in [-0.2, -0.15) is 0 Å². The smallest absolute Gasteiger partial charge is 0.248 e. The monoisotopic (exact) mass is 343 g/mol. The summed E-state index contributed by atoms with van der Waals surface area (Å²) in [5.41, 5.74) is 0.806. The fourth-order valence-electron chi connectivity index (χ4n) is 1.67. The normalized spacial score (nSPS) is 10.7. The maximum Gasteiger partial charge on any atom is 0.248 e. The predicted octanol–water partition coefficient (Wildman–Crippen LogP) is 3.33. The Bertz CT molecular complexity index is 621. The molecule has 0 saturated heterocycles. The quantitative estimate of drug-likeness (QED) is 0.834. The van der Waals surface area contributed by atoms with Gasteiger partial charge in [-0.1, -0.05) is 29.3 Å². The number of nitrogens with one attached hydrogen (secondary N) is 2. The van der Waals surface area contributed by atoms with E-state index in [2.05, 4.69) is 20.7 Å². The van der Waals surface area contributed by atoms with Gasteiger partial charge in [-0.25, -0.2) is 9.67 Å². The molecule has 0 bridgehead atoms. The zero-order valence-corrected chi connectivity index (χ0v) is 13.9. The summed E-state index contributed by atoms with van der Waals surface area (Å²) >= 11 is 17.4. The number of nitrogens with zero attached hydrogens (tertiary/aromatic N) is 3. The molecular weight excluding hydrogens is 329 g/mol. The average molecular weight is 344 g/mol. The van der Waals surface area contributed by atoms with Gasteiger partial charge in [-0.05, 0) is 38.2 Å². The van der Waals surface area contributed by atoms with Crippen molar-refractivity contribution < 1.29 is 0 Å². The average Bonchev–Trinajstić information content (AvgIpc) is 2.80. The summed E-state index contributed by atoms with van der Waals surface area (Å²) in [5, 5.41) is 11.9. The van der Waals surface area contributed by atoms with Crippen molar-refractivity contribution in [3.05, 3.63) is 40.1 Å². The zero-order chi connectivity index (χ0) is 15.4. The first-order valence-electron chi connectivity index (χ1n) is 6.35. The van der Waals surface area contributed by atoms with Gasteiger partial charge < -0.3 is 5.32 Å². The lowest BCUT2D eigenvalue weighted by Gasteiger charge is -2.10. The first-order valence-corrected chi connectivity index (χ1v) is 7.52. The fraction of sp³-hybridized carbons (Fsp3) is 0.308. The van der Waals surface area contributed by atoms with Crippen molar-refractivity contribution >= 4 is 46.5 Å². The van der Waals surface area contributed by atoms with Gasteiger partial charge in [0.1, 0.15) is 6.33 Å². The SMILES string of the molecule is CC(C)NC(=S)Nc1ncn(Cc2c(Cl)cccc2Cl)n1. The molecule has 0 atom stereocenters. The Hall–Kier alpha value is -1.37. The molecule has 0 aliphatic heterocycles. The Balaban J connectivity index is 2.05. The topological polar surface area (TPSA) is 54.8 Å². The summed E-state index contributed by atoms with van der Waals surface area (Å²) in [6.45, 7) is 4.44. The van der Waals surface area contributed by atoms with Crippen LogP contribution in [0.3, 0.4) is 0 Å². The Morgan fingerprint density at radius 3 is 2.62 bits per heavy atom. The minimum atomic E-state index is 0.244. The molecule has 21 heavy (non-hydrogen) atoms. The van der Waals surface area contributed by atoms with Crippen LogP contribution in [-0.4, -0.2) is 25.9 Å². The van der Waals surface area contributed by atoms with Crippen LogP contribution in [0.1, 0.15) is 19.4 Å². The molecular formula is C13H15Cl2N5S. The van der Waals surface area contributed by atoms with E-state index >= 15 is 0 Å². The van der Waals surface area contributed by atoms with E-state index in [1.165, 1.54) is 0 Å². The number of hydrogen-bond donors (Lipinski definition) is 2. The molecule has 0 radical (unpaired) electrons. The van der Waals surface area contributed by atoms with E-state index in [-0.39, 0.29) is 6.04 Å². The lowest BCUT2D eigenvalue weighted by atomic mass is 10.2. The number of halogens is 2. The third-order valence-corrected chi connectivity index (χ3v) is 3.49. The van der Waals surface area contributed by atoms with Gasteiger partial charge in [0.25, 0.3) is 0 Å². The molecule has 0 amide bonds. The van der Waals surface area contributed by atoms with E-state index in [9.17, 15) is 0 Å². The molecule has 0 aliphatic carbocycles. The van der Waals surface area contributed by atoms with Crippen molar-refractivity contribution in [2.45, 2.75) is 26.4 Å². The van der Waals surface area contributed by atoms with Crippen molar-refractivity contribution in [1.29, 1.82) is 0 Å². The van der Waals surface area contributed by atoms with E-state index in [1.807, 2.05) is 13.8 Å². The molecule has 1 heterocycles. The van der Waals surface area contributed by atoms with E-state index < -0.39 is 0 Å². The molecule has 2 aromatic rings. The predicted molar refractivity (Wildman–Crippen MR) is 90.1 cm³/mol. The van der Waals surface area contributed by atoms with Crippen LogP contribution in [0.15, 0.2) is 24.5 Å². The van der Waals surface area contributed by atoms with Gasteiger partial charge in [-0.3, -0.25) is 5.32 Å². The molecule has 2 N–H and O–H groups in total. The van der Waals surface area contributed by atoms with Crippen LogP contribution in [0.2, 0.25) is 10.0 Å². The number of anilines is 1. The highest BCUT2D eigenvalue weighted by molar-refractivity contribution is 7.80. The minimum absolute atomic E-state index is 0.244. The Labute approximate surface area is 138 Å².